The highest BCUT2D eigenvalue weighted by molar-refractivity contribution is 5.89. The van der Waals surface area contributed by atoms with E-state index in [2.05, 4.69) is 24.3 Å². The molecule has 0 bridgehead atoms. The van der Waals surface area contributed by atoms with E-state index in [0.717, 1.165) is 6.54 Å². The summed E-state index contributed by atoms with van der Waals surface area (Å²) in [6.45, 7) is 6.40. The number of hydrogen-bond donors (Lipinski definition) is 1. The zero-order chi connectivity index (χ0) is 17.9. The first-order chi connectivity index (χ1) is 11.1. The van der Waals surface area contributed by atoms with Crippen LogP contribution in [0, 0.1) is 5.92 Å². The van der Waals surface area contributed by atoms with Crippen molar-refractivity contribution in [1.82, 2.24) is 19.6 Å². The van der Waals surface area contributed by atoms with Gasteiger partial charge in [-0.3, -0.25) is 9.58 Å². The molecule has 1 atom stereocenters. The maximum Gasteiger partial charge on any atom is 0.401 e. The number of urea groups is 1. The molecule has 0 saturated carbocycles. The van der Waals surface area contributed by atoms with Crippen LogP contribution in [0.3, 0.4) is 0 Å². The molecule has 2 rings (SSSR count). The van der Waals surface area contributed by atoms with Gasteiger partial charge in [-0.1, -0.05) is 13.8 Å². The number of nitrogens with zero attached hydrogens (tertiary/aromatic N) is 4. The molecule has 2 amide bonds. The Labute approximate surface area is 139 Å². The molecule has 1 N–H and O–H groups in total. The molecule has 0 spiro atoms. The molecular formula is C15H24F3N5O. The number of carbonyl (C=O) groups excluding carboxylic acids is 1. The molecule has 1 fully saturated rings. The number of carbonyl (C=O) groups is 1. The summed E-state index contributed by atoms with van der Waals surface area (Å²) in [6, 6.07) is -0.646. The van der Waals surface area contributed by atoms with Crippen LogP contribution in [0.15, 0.2) is 12.4 Å². The van der Waals surface area contributed by atoms with Gasteiger partial charge in [0.25, 0.3) is 0 Å². The molecule has 136 valence electrons. The Morgan fingerprint density at radius 3 is 2.71 bits per heavy atom. The van der Waals surface area contributed by atoms with Gasteiger partial charge in [-0.2, -0.15) is 18.3 Å². The maximum absolute atomic E-state index is 12.5. The molecule has 0 radical (unpaired) electrons. The van der Waals surface area contributed by atoms with Crippen LogP contribution in [0.4, 0.5) is 23.7 Å². The van der Waals surface area contributed by atoms with E-state index in [1.807, 2.05) is 0 Å². The van der Waals surface area contributed by atoms with Gasteiger partial charge in [-0.25, -0.2) is 4.79 Å². The van der Waals surface area contributed by atoms with Gasteiger partial charge in [0.05, 0.1) is 18.4 Å². The Hall–Kier alpha value is -1.77. The first kappa shape index (κ1) is 18.6. The van der Waals surface area contributed by atoms with Crippen LogP contribution in [0.5, 0.6) is 0 Å². The standard InChI is InChI=1S/C15H24F3N5O/c1-11(2)7-23-9-13(6-19-23)20-14(24)21-4-5-22(12(3)8-21)10-15(16,17)18/h6,9,11-12H,4-5,7-8,10H2,1-3H3,(H,20,24)/t12-/m0/s1. The minimum Gasteiger partial charge on any atom is -0.322 e. The normalized spacial score (nSPS) is 19.8. The summed E-state index contributed by atoms with van der Waals surface area (Å²) in [7, 11) is 0. The van der Waals surface area contributed by atoms with Crippen molar-refractivity contribution < 1.29 is 18.0 Å². The van der Waals surface area contributed by atoms with Crippen molar-refractivity contribution in [3.8, 4) is 0 Å². The molecule has 0 aliphatic carbocycles. The van der Waals surface area contributed by atoms with Crippen molar-refractivity contribution in [3.05, 3.63) is 12.4 Å². The van der Waals surface area contributed by atoms with Crippen LogP contribution in [-0.2, 0) is 6.54 Å². The Morgan fingerprint density at radius 1 is 1.42 bits per heavy atom. The Morgan fingerprint density at radius 2 is 2.12 bits per heavy atom. The molecule has 0 unspecified atom stereocenters. The highest BCUT2D eigenvalue weighted by Gasteiger charge is 2.35. The monoisotopic (exact) mass is 347 g/mol. The van der Waals surface area contributed by atoms with E-state index in [-0.39, 0.29) is 31.7 Å². The summed E-state index contributed by atoms with van der Waals surface area (Å²) in [5.74, 6) is 0.441. The van der Waals surface area contributed by atoms with Gasteiger partial charge in [0.2, 0.25) is 0 Å². The molecule has 2 heterocycles. The van der Waals surface area contributed by atoms with E-state index in [1.54, 1.807) is 24.0 Å². The maximum atomic E-state index is 12.5. The molecular weight excluding hydrogens is 323 g/mol. The van der Waals surface area contributed by atoms with E-state index < -0.39 is 12.7 Å². The second-order valence-corrected chi connectivity index (χ2v) is 6.66. The Bertz CT molecular complexity index is 558. The third kappa shape index (κ3) is 5.40. The lowest BCUT2D eigenvalue weighted by Crippen LogP contribution is -2.56. The number of hydrogen-bond acceptors (Lipinski definition) is 3. The van der Waals surface area contributed by atoms with Gasteiger partial charge in [0.1, 0.15) is 0 Å². The molecule has 1 aliphatic heterocycles. The van der Waals surface area contributed by atoms with Gasteiger partial charge in [-0.15, -0.1) is 0 Å². The number of rotatable bonds is 4. The Kier molecular flexibility index (Phi) is 5.74. The molecule has 1 aromatic heterocycles. The van der Waals surface area contributed by atoms with Crippen molar-refractivity contribution >= 4 is 11.7 Å². The largest absolute Gasteiger partial charge is 0.401 e. The van der Waals surface area contributed by atoms with Crippen LogP contribution < -0.4 is 5.32 Å². The summed E-state index contributed by atoms with van der Waals surface area (Å²) < 4.78 is 39.3. The van der Waals surface area contributed by atoms with Gasteiger partial charge in [-0.05, 0) is 12.8 Å². The Balaban J connectivity index is 1.87. The summed E-state index contributed by atoms with van der Waals surface area (Å²) >= 11 is 0. The third-order valence-electron chi connectivity index (χ3n) is 3.87. The zero-order valence-electron chi connectivity index (χ0n) is 14.2. The number of aromatic nitrogens is 2. The highest BCUT2D eigenvalue weighted by atomic mass is 19.4. The molecule has 1 saturated heterocycles. The van der Waals surface area contributed by atoms with E-state index >= 15 is 0 Å². The summed E-state index contributed by atoms with van der Waals surface area (Å²) in [5.41, 5.74) is 0.589. The smallest absolute Gasteiger partial charge is 0.322 e. The van der Waals surface area contributed by atoms with Crippen molar-refractivity contribution in [2.24, 2.45) is 5.92 Å². The van der Waals surface area contributed by atoms with Crippen molar-refractivity contribution in [2.75, 3.05) is 31.5 Å². The highest BCUT2D eigenvalue weighted by Crippen LogP contribution is 2.20. The van der Waals surface area contributed by atoms with Gasteiger partial charge >= 0.3 is 12.2 Å². The molecule has 9 heteroatoms. The molecule has 1 aliphatic rings. The fourth-order valence-corrected chi connectivity index (χ4v) is 2.75. The summed E-state index contributed by atoms with van der Waals surface area (Å²) in [6.07, 6.45) is -0.894. The minimum absolute atomic E-state index is 0.209. The first-order valence-electron chi connectivity index (χ1n) is 8.03. The molecule has 6 nitrogen and oxygen atoms in total. The van der Waals surface area contributed by atoms with E-state index in [0.29, 0.717) is 11.6 Å². The van der Waals surface area contributed by atoms with Crippen LogP contribution in [-0.4, -0.2) is 64.0 Å². The third-order valence-corrected chi connectivity index (χ3v) is 3.87. The number of nitrogens with one attached hydrogen (secondary N) is 1. The van der Waals surface area contributed by atoms with Crippen LogP contribution in [0.2, 0.25) is 0 Å². The van der Waals surface area contributed by atoms with E-state index in [1.165, 1.54) is 9.80 Å². The topological polar surface area (TPSA) is 53.4 Å². The van der Waals surface area contributed by atoms with Crippen molar-refractivity contribution in [1.29, 1.82) is 0 Å². The van der Waals surface area contributed by atoms with Gasteiger partial charge < -0.3 is 10.2 Å². The number of alkyl halides is 3. The molecule has 24 heavy (non-hydrogen) atoms. The predicted molar refractivity (Wildman–Crippen MR) is 84.7 cm³/mol. The van der Waals surface area contributed by atoms with E-state index in [9.17, 15) is 18.0 Å². The van der Waals surface area contributed by atoms with Crippen molar-refractivity contribution in [2.45, 2.75) is 39.5 Å². The van der Waals surface area contributed by atoms with Crippen LogP contribution >= 0.6 is 0 Å². The van der Waals surface area contributed by atoms with Crippen LogP contribution in [0.1, 0.15) is 20.8 Å². The average molecular weight is 347 g/mol. The second kappa shape index (κ2) is 7.42. The number of halogens is 3. The number of amides is 2. The first-order valence-corrected chi connectivity index (χ1v) is 8.03. The zero-order valence-corrected chi connectivity index (χ0v) is 14.2. The van der Waals surface area contributed by atoms with Crippen molar-refractivity contribution in [3.63, 3.8) is 0 Å². The lowest BCUT2D eigenvalue weighted by molar-refractivity contribution is -0.153. The SMILES string of the molecule is CC(C)Cn1cc(NC(=O)N2CCN(CC(F)(F)F)[C@@H](C)C2)cn1. The lowest BCUT2D eigenvalue weighted by Gasteiger charge is -2.39. The lowest BCUT2D eigenvalue weighted by atomic mass is 10.2. The quantitative estimate of drug-likeness (QED) is 0.911. The van der Waals surface area contributed by atoms with E-state index in [4.69, 9.17) is 0 Å². The molecule has 0 aromatic carbocycles. The van der Waals surface area contributed by atoms with Gasteiger partial charge in [0, 0.05) is 38.4 Å². The average Bonchev–Trinajstić information content (AvgIpc) is 2.85. The minimum atomic E-state index is -4.22. The fourth-order valence-electron chi connectivity index (χ4n) is 2.75. The fraction of sp³-hybridized carbons (Fsp3) is 0.733. The predicted octanol–water partition coefficient (Wildman–Crippen LogP) is 2.64. The summed E-state index contributed by atoms with van der Waals surface area (Å²) in [4.78, 5) is 15.2. The second-order valence-electron chi connectivity index (χ2n) is 6.66. The number of anilines is 1. The van der Waals surface area contributed by atoms with Gasteiger partial charge in [0.15, 0.2) is 0 Å². The molecule has 1 aromatic rings. The summed E-state index contributed by atoms with van der Waals surface area (Å²) in [5, 5.41) is 6.92. The number of piperazine rings is 1. The van der Waals surface area contributed by atoms with Crippen LogP contribution in [0.25, 0.3) is 0 Å².